The van der Waals surface area contributed by atoms with Crippen LogP contribution in [0.1, 0.15) is 13.8 Å². The van der Waals surface area contributed by atoms with Gasteiger partial charge in [-0.15, -0.1) is 11.8 Å². The molecule has 0 aromatic rings. The molecule has 0 aromatic heterocycles. The van der Waals surface area contributed by atoms with Gasteiger partial charge in [0.2, 0.25) is 0 Å². The largest absolute Gasteiger partial charge is 0.299 e. The van der Waals surface area contributed by atoms with E-state index < -0.39 is 0 Å². The van der Waals surface area contributed by atoms with Gasteiger partial charge in [0.05, 0.1) is 5.75 Å². The first-order chi connectivity index (χ1) is 3.27. The maximum atomic E-state index is 10.1. The van der Waals surface area contributed by atoms with Gasteiger partial charge in [0.1, 0.15) is 5.78 Å². The summed E-state index contributed by atoms with van der Waals surface area (Å²) in [5.74, 6) is 2.76. The number of rotatable bonds is 3. The van der Waals surface area contributed by atoms with E-state index in [9.17, 15) is 4.79 Å². The van der Waals surface area contributed by atoms with Crippen molar-refractivity contribution < 1.29 is 4.79 Å². The van der Waals surface area contributed by atoms with E-state index in [0.717, 1.165) is 5.75 Å². The van der Waals surface area contributed by atoms with Crippen molar-refractivity contribution in [2.75, 3.05) is 5.75 Å². The van der Waals surface area contributed by atoms with Crippen LogP contribution in [-0.4, -0.2) is 11.5 Å². The fourth-order valence-corrected chi connectivity index (χ4v) is 0.602. The fourth-order valence-electron chi connectivity index (χ4n) is 0.201. The standard InChI is InChI=1S/C5H9OS/c1-3-7-4-5(2)6/h4H,3H2,1-2H3. The first-order valence-electron chi connectivity index (χ1n) is 2.22. The average Bonchev–Trinajstić information content (AvgIpc) is 1.61. The van der Waals surface area contributed by atoms with E-state index in [-0.39, 0.29) is 5.78 Å². The van der Waals surface area contributed by atoms with Crippen LogP contribution in [0.3, 0.4) is 0 Å². The minimum Gasteiger partial charge on any atom is -0.299 e. The number of ketones is 1. The second kappa shape index (κ2) is 4.19. The van der Waals surface area contributed by atoms with E-state index in [1.165, 1.54) is 0 Å². The van der Waals surface area contributed by atoms with E-state index in [1.807, 2.05) is 6.92 Å². The van der Waals surface area contributed by atoms with E-state index in [4.69, 9.17) is 0 Å². The van der Waals surface area contributed by atoms with Gasteiger partial charge in [-0.1, -0.05) is 6.92 Å². The monoisotopic (exact) mass is 117 g/mol. The first-order valence-corrected chi connectivity index (χ1v) is 3.27. The predicted molar refractivity (Wildman–Crippen MR) is 33.1 cm³/mol. The summed E-state index contributed by atoms with van der Waals surface area (Å²) in [6, 6.07) is 0. The van der Waals surface area contributed by atoms with E-state index in [0.29, 0.717) is 0 Å². The number of carbonyl (C=O) groups excluding carboxylic acids is 1. The molecule has 0 spiro atoms. The van der Waals surface area contributed by atoms with Crippen LogP contribution in [0.5, 0.6) is 0 Å². The summed E-state index contributed by atoms with van der Waals surface area (Å²) in [5, 5.41) is 0. The molecule has 0 aliphatic carbocycles. The van der Waals surface area contributed by atoms with Crippen LogP contribution in [0.15, 0.2) is 0 Å². The van der Waals surface area contributed by atoms with Gasteiger partial charge in [0.15, 0.2) is 0 Å². The van der Waals surface area contributed by atoms with Crippen molar-refractivity contribution >= 4 is 17.5 Å². The highest BCUT2D eigenvalue weighted by molar-refractivity contribution is 8.02. The molecular formula is C5H9OS. The van der Waals surface area contributed by atoms with Crippen molar-refractivity contribution in [3.63, 3.8) is 0 Å². The molecule has 2 heteroatoms. The molecule has 0 fully saturated rings. The molecule has 0 rings (SSSR count). The summed E-state index contributed by atoms with van der Waals surface area (Å²) in [6.45, 7) is 3.58. The lowest BCUT2D eigenvalue weighted by molar-refractivity contribution is -0.113. The lowest BCUT2D eigenvalue weighted by Crippen LogP contribution is -1.84. The third-order valence-corrected chi connectivity index (χ3v) is 1.25. The normalized spacial score (nSPS) is 8.86. The Hall–Kier alpha value is 0.0200. The zero-order valence-corrected chi connectivity index (χ0v) is 5.42. The van der Waals surface area contributed by atoms with E-state index in [2.05, 4.69) is 0 Å². The van der Waals surface area contributed by atoms with Gasteiger partial charge in [-0.05, 0) is 12.7 Å². The van der Waals surface area contributed by atoms with Crippen molar-refractivity contribution in [2.45, 2.75) is 13.8 Å². The quantitative estimate of drug-likeness (QED) is 0.557. The van der Waals surface area contributed by atoms with Crippen molar-refractivity contribution in [2.24, 2.45) is 0 Å². The fraction of sp³-hybridized carbons (Fsp3) is 0.600. The summed E-state index contributed by atoms with van der Waals surface area (Å²) in [6.07, 6.45) is 0. The maximum absolute atomic E-state index is 10.1. The number of Topliss-reactive ketones (excluding diaryl/α,β-unsaturated/α-hetero) is 1. The van der Waals surface area contributed by atoms with Crippen molar-refractivity contribution in [3.8, 4) is 0 Å². The Morgan fingerprint density at radius 1 is 1.86 bits per heavy atom. The van der Waals surface area contributed by atoms with E-state index >= 15 is 0 Å². The molecule has 0 N–H and O–H groups in total. The molecule has 0 atom stereocenters. The van der Waals surface area contributed by atoms with Gasteiger partial charge in [0.25, 0.3) is 0 Å². The van der Waals surface area contributed by atoms with Crippen LogP contribution in [0, 0.1) is 5.75 Å². The molecule has 1 nitrogen and oxygen atoms in total. The minimum atomic E-state index is 0.145. The Kier molecular flexibility index (Phi) is 4.20. The molecule has 0 heterocycles. The summed E-state index contributed by atoms with van der Waals surface area (Å²) in [5.41, 5.74) is 0. The van der Waals surface area contributed by atoms with Gasteiger partial charge < -0.3 is 0 Å². The van der Waals surface area contributed by atoms with Gasteiger partial charge >= 0.3 is 0 Å². The molecule has 1 radical (unpaired) electrons. The minimum absolute atomic E-state index is 0.145. The summed E-state index contributed by atoms with van der Waals surface area (Å²) < 4.78 is 0. The Bertz CT molecular complexity index is 61.1. The van der Waals surface area contributed by atoms with Gasteiger partial charge in [-0.3, -0.25) is 4.79 Å². The lowest BCUT2D eigenvalue weighted by atomic mass is 10.5. The van der Waals surface area contributed by atoms with Gasteiger partial charge in [-0.2, -0.15) is 0 Å². The van der Waals surface area contributed by atoms with Gasteiger partial charge in [-0.25, -0.2) is 0 Å². The number of carbonyl (C=O) groups is 1. The maximum Gasteiger partial charge on any atom is 0.144 e. The molecule has 41 valence electrons. The Morgan fingerprint density at radius 2 is 2.43 bits per heavy atom. The highest BCUT2D eigenvalue weighted by atomic mass is 32.2. The van der Waals surface area contributed by atoms with Crippen molar-refractivity contribution in [3.05, 3.63) is 5.75 Å². The second-order valence-electron chi connectivity index (χ2n) is 1.18. The molecule has 0 aliphatic heterocycles. The Balaban J connectivity index is 2.82. The predicted octanol–water partition coefficient (Wildman–Crippen LogP) is 1.49. The molecule has 0 aliphatic rings. The smallest absolute Gasteiger partial charge is 0.144 e. The molecule has 7 heavy (non-hydrogen) atoms. The topological polar surface area (TPSA) is 17.1 Å². The first kappa shape index (κ1) is 7.02. The molecule has 0 unspecified atom stereocenters. The van der Waals surface area contributed by atoms with Crippen molar-refractivity contribution in [1.29, 1.82) is 0 Å². The third-order valence-electron chi connectivity index (χ3n) is 0.416. The molecule has 0 amide bonds. The van der Waals surface area contributed by atoms with Crippen molar-refractivity contribution in [1.82, 2.24) is 0 Å². The molecule has 0 saturated carbocycles. The number of thioether (sulfide) groups is 1. The molecule has 0 aromatic carbocycles. The summed E-state index contributed by atoms with van der Waals surface area (Å²) >= 11 is 1.54. The SMILES string of the molecule is CCS[CH]C(C)=O. The van der Waals surface area contributed by atoms with Crippen LogP contribution in [0.4, 0.5) is 0 Å². The zero-order valence-electron chi connectivity index (χ0n) is 4.60. The second-order valence-corrected chi connectivity index (χ2v) is 2.33. The molecule has 0 bridgehead atoms. The van der Waals surface area contributed by atoms with Gasteiger partial charge in [0, 0.05) is 0 Å². The Morgan fingerprint density at radius 3 is 2.57 bits per heavy atom. The zero-order chi connectivity index (χ0) is 5.70. The van der Waals surface area contributed by atoms with Crippen LogP contribution in [0.25, 0.3) is 0 Å². The van der Waals surface area contributed by atoms with E-state index in [1.54, 1.807) is 24.4 Å². The number of hydrogen-bond donors (Lipinski definition) is 0. The van der Waals surface area contributed by atoms with Crippen LogP contribution in [0.2, 0.25) is 0 Å². The van der Waals surface area contributed by atoms with Crippen LogP contribution >= 0.6 is 11.8 Å². The summed E-state index contributed by atoms with van der Waals surface area (Å²) in [4.78, 5) is 10.1. The molecular weight excluding hydrogens is 108 g/mol. The Labute approximate surface area is 48.5 Å². The highest BCUT2D eigenvalue weighted by Gasteiger charge is 1.88. The lowest BCUT2D eigenvalue weighted by Gasteiger charge is -1.86. The summed E-state index contributed by atoms with van der Waals surface area (Å²) in [7, 11) is 0. The average molecular weight is 117 g/mol. The molecule has 0 saturated heterocycles. The number of hydrogen-bond acceptors (Lipinski definition) is 2. The van der Waals surface area contributed by atoms with Crippen LogP contribution < -0.4 is 0 Å². The van der Waals surface area contributed by atoms with Crippen LogP contribution in [-0.2, 0) is 4.79 Å². The third kappa shape index (κ3) is 6.02. The highest BCUT2D eigenvalue weighted by Crippen LogP contribution is 2.02.